The number of nitrogens with two attached hydrogens (primary N) is 3. The number of carbonyl (C=O) groups is 1. The van der Waals surface area contributed by atoms with Crippen molar-refractivity contribution in [3.8, 4) is 0 Å². The van der Waals surface area contributed by atoms with Gasteiger partial charge in [-0.25, -0.2) is 0 Å². The molecule has 0 aliphatic carbocycles. The minimum absolute atomic E-state index is 0. The summed E-state index contributed by atoms with van der Waals surface area (Å²) in [6.07, 6.45) is 1.21. The van der Waals surface area contributed by atoms with E-state index in [4.69, 9.17) is 21.0 Å². The summed E-state index contributed by atoms with van der Waals surface area (Å²) < 4.78 is 0. The third kappa shape index (κ3) is 98.1. The van der Waals surface area contributed by atoms with Crippen LogP contribution in [0.2, 0.25) is 0 Å². The van der Waals surface area contributed by atoms with Crippen molar-refractivity contribution in [2.24, 2.45) is 17.2 Å². The van der Waals surface area contributed by atoms with Crippen LogP contribution in [0, 0.1) is 5.41 Å². The Morgan fingerprint density at radius 2 is 1.47 bits per heavy atom. The van der Waals surface area contributed by atoms with Gasteiger partial charge < -0.3 is 32.9 Å². The van der Waals surface area contributed by atoms with E-state index in [2.05, 4.69) is 29.0 Å². The quantitative estimate of drug-likeness (QED) is 0.124. The summed E-state index contributed by atoms with van der Waals surface area (Å²) in [6, 6.07) is 0. The van der Waals surface area contributed by atoms with Gasteiger partial charge >= 0.3 is 0 Å². The van der Waals surface area contributed by atoms with Gasteiger partial charge in [-0.05, 0) is 13.0 Å². The number of hydrogen-bond acceptors (Lipinski definition) is 5. The van der Waals surface area contributed by atoms with E-state index in [1.807, 2.05) is 0 Å². The van der Waals surface area contributed by atoms with Crippen LogP contribution in [0.15, 0.2) is 0 Å². The van der Waals surface area contributed by atoms with Crippen molar-refractivity contribution in [3.05, 3.63) is 0 Å². The second-order valence-corrected chi connectivity index (χ2v) is 3.26. The number of rotatable bonds is 7. The Labute approximate surface area is 137 Å². The predicted molar refractivity (Wildman–Crippen MR) is 80.3 cm³/mol. The Morgan fingerprint density at radius 3 is 1.74 bits per heavy atom. The van der Waals surface area contributed by atoms with Crippen LogP contribution in [0.4, 0.5) is 0 Å². The minimum atomic E-state index is -0.833. The molecule has 0 aromatic rings. The molecule has 0 heterocycles. The first-order valence-electron chi connectivity index (χ1n) is 5.78. The smallest absolute Gasteiger partial charge is 0.300 e. The molecular weight excluding hydrogens is 259 g/mol. The number of nitrogens with one attached hydrogen (secondary N) is 3. The van der Waals surface area contributed by atoms with Crippen molar-refractivity contribution in [2.45, 2.75) is 20.3 Å². The molecule has 0 aliphatic rings. The van der Waals surface area contributed by atoms with Gasteiger partial charge in [0.25, 0.3) is 5.97 Å². The average Bonchev–Trinajstić information content (AvgIpc) is 2.22. The first kappa shape index (κ1) is 27.0. The van der Waals surface area contributed by atoms with Crippen molar-refractivity contribution in [1.29, 1.82) is 5.41 Å². The van der Waals surface area contributed by atoms with Crippen molar-refractivity contribution < 1.29 is 9.90 Å². The fourth-order valence-electron chi connectivity index (χ4n) is 0.706. The van der Waals surface area contributed by atoms with Crippen LogP contribution in [0.5, 0.6) is 0 Å². The molecule has 0 atom stereocenters. The zero-order chi connectivity index (χ0) is 14.8. The maximum Gasteiger partial charge on any atom is 0.300 e. The number of carboxylic acid groups (broad SMARTS) is 1. The van der Waals surface area contributed by atoms with E-state index in [-0.39, 0.29) is 35.5 Å². The molecule has 0 rings (SSSR count). The van der Waals surface area contributed by atoms with Gasteiger partial charge in [-0.3, -0.25) is 10.2 Å². The standard InChI is InChI=1S/C7H19N3.C2H4O2.CH5N3.Na/c1-2-4-9-6-7-10-5-3-8;1-2(3)4;2-1(3)4;/h9-10H,2-8H2,1H3;1H3,(H,3,4);(H5,2,3,4);. The zero-order valence-corrected chi connectivity index (χ0v) is 14.3. The van der Waals surface area contributed by atoms with Gasteiger partial charge in [-0.2, -0.15) is 0 Å². The van der Waals surface area contributed by atoms with Gasteiger partial charge in [0.2, 0.25) is 0 Å². The van der Waals surface area contributed by atoms with Crippen LogP contribution in [0.1, 0.15) is 20.3 Å². The average molecular weight is 287 g/mol. The molecule has 1 radical (unpaired) electrons. The normalized spacial score (nSPS) is 7.95. The largest absolute Gasteiger partial charge is 0.481 e. The minimum Gasteiger partial charge on any atom is -0.481 e. The fourth-order valence-corrected chi connectivity index (χ4v) is 0.706. The van der Waals surface area contributed by atoms with E-state index in [1.54, 1.807) is 0 Å². The molecule has 0 aliphatic heterocycles. The molecule has 0 unspecified atom stereocenters. The van der Waals surface area contributed by atoms with Crippen molar-refractivity contribution >= 4 is 41.5 Å². The van der Waals surface area contributed by atoms with Crippen molar-refractivity contribution in [3.63, 3.8) is 0 Å². The number of carboxylic acids is 1. The van der Waals surface area contributed by atoms with Gasteiger partial charge in [0.15, 0.2) is 5.96 Å². The van der Waals surface area contributed by atoms with Crippen LogP contribution in [0.25, 0.3) is 0 Å². The predicted octanol–water partition coefficient (Wildman–Crippen LogP) is -1.92. The number of aliphatic carboxylic acids is 1. The molecule has 0 aromatic carbocycles. The molecule has 0 amide bonds. The Kier molecular flexibility index (Phi) is 37.3. The zero-order valence-electron chi connectivity index (χ0n) is 12.3. The molecular formula is C10H28N6NaO2. The molecule has 0 fully saturated rings. The maximum absolute atomic E-state index is 9.00. The van der Waals surface area contributed by atoms with E-state index in [1.165, 1.54) is 6.42 Å². The Balaban J connectivity index is -0.000000105. The molecule has 0 saturated heterocycles. The monoisotopic (exact) mass is 287 g/mol. The summed E-state index contributed by atoms with van der Waals surface area (Å²) >= 11 is 0. The summed E-state index contributed by atoms with van der Waals surface area (Å²) in [7, 11) is 0. The Morgan fingerprint density at radius 1 is 1.16 bits per heavy atom. The molecule has 9 heteroatoms. The van der Waals surface area contributed by atoms with E-state index in [0.717, 1.165) is 39.6 Å². The van der Waals surface area contributed by atoms with Crippen molar-refractivity contribution in [2.75, 3.05) is 32.7 Å². The number of guanidine groups is 1. The van der Waals surface area contributed by atoms with E-state index >= 15 is 0 Å². The van der Waals surface area contributed by atoms with Gasteiger partial charge in [0.05, 0.1) is 0 Å². The van der Waals surface area contributed by atoms with Crippen LogP contribution in [-0.4, -0.2) is 79.3 Å². The van der Waals surface area contributed by atoms with Crippen LogP contribution in [-0.2, 0) is 4.79 Å². The summed E-state index contributed by atoms with van der Waals surface area (Å²) in [6.45, 7) is 8.09. The van der Waals surface area contributed by atoms with Crippen LogP contribution < -0.4 is 27.8 Å². The van der Waals surface area contributed by atoms with Gasteiger partial charge in [0.1, 0.15) is 0 Å². The van der Waals surface area contributed by atoms with Gasteiger partial charge in [-0.1, -0.05) is 6.92 Å². The Bertz CT molecular complexity index is 167. The van der Waals surface area contributed by atoms with Gasteiger partial charge in [0, 0.05) is 62.7 Å². The summed E-state index contributed by atoms with van der Waals surface area (Å²) in [5.74, 6) is -1.17. The first-order valence-corrected chi connectivity index (χ1v) is 5.78. The first-order chi connectivity index (χ1) is 8.38. The molecule has 0 bridgehead atoms. The molecule has 0 aromatic heterocycles. The molecule has 0 saturated carbocycles. The van der Waals surface area contributed by atoms with Crippen LogP contribution >= 0.6 is 0 Å². The fraction of sp³-hybridized carbons (Fsp3) is 0.800. The number of hydrogen-bond donors (Lipinski definition) is 7. The molecule has 111 valence electrons. The second-order valence-electron chi connectivity index (χ2n) is 3.26. The van der Waals surface area contributed by atoms with Crippen molar-refractivity contribution in [1.82, 2.24) is 10.6 Å². The van der Waals surface area contributed by atoms with Crippen LogP contribution in [0.3, 0.4) is 0 Å². The third-order valence-corrected chi connectivity index (χ3v) is 1.23. The van der Waals surface area contributed by atoms with E-state index < -0.39 is 5.97 Å². The SMILES string of the molecule is CC(=O)O.CCCNCCNCCN.N=C(N)N.[Na]. The summed E-state index contributed by atoms with van der Waals surface area (Å²) in [5, 5.41) is 20.0. The summed E-state index contributed by atoms with van der Waals surface area (Å²) in [5.41, 5.74) is 14.2. The molecule has 10 N–H and O–H groups in total. The summed E-state index contributed by atoms with van der Waals surface area (Å²) in [4.78, 5) is 9.00. The molecule has 0 spiro atoms. The third-order valence-electron chi connectivity index (χ3n) is 1.23. The van der Waals surface area contributed by atoms with E-state index in [9.17, 15) is 0 Å². The molecule has 19 heavy (non-hydrogen) atoms. The van der Waals surface area contributed by atoms with Gasteiger partial charge in [-0.15, -0.1) is 0 Å². The topological polar surface area (TPSA) is 163 Å². The van der Waals surface area contributed by atoms with E-state index in [0.29, 0.717) is 0 Å². The second kappa shape index (κ2) is 26.2. The maximum atomic E-state index is 9.00. The molecule has 8 nitrogen and oxygen atoms in total. The Hall–Kier alpha value is -0.380.